The third-order valence-corrected chi connectivity index (χ3v) is 7.25. The second-order valence-corrected chi connectivity index (χ2v) is 9.53. The van der Waals surface area contributed by atoms with Crippen molar-refractivity contribution in [2.75, 3.05) is 26.1 Å². The van der Waals surface area contributed by atoms with Gasteiger partial charge in [0.25, 0.3) is 5.91 Å². The Morgan fingerprint density at radius 2 is 1.76 bits per heavy atom. The third-order valence-electron chi connectivity index (χ3n) is 6.75. The van der Waals surface area contributed by atoms with Crippen molar-refractivity contribution < 1.29 is 19.1 Å². The van der Waals surface area contributed by atoms with Gasteiger partial charge in [-0.2, -0.15) is 0 Å². The zero-order valence-corrected chi connectivity index (χ0v) is 20.8. The molecule has 0 aromatic heterocycles. The average molecular weight is 521 g/mol. The number of hydrogen-bond donors (Lipinski definition) is 1. The number of carbonyl (C=O) groups is 2. The first-order valence-electron chi connectivity index (χ1n) is 11.1. The second-order valence-electron chi connectivity index (χ2n) is 8.61. The Kier molecular flexibility index (Phi) is 5.81. The molecule has 0 bridgehead atoms. The van der Waals surface area contributed by atoms with E-state index in [1.54, 1.807) is 14.2 Å². The molecule has 0 saturated heterocycles. The van der Waals surface area contributed by atoms with E-state index in [1.807, 2.05) is 66.4 Å². The molecule has 6 nitrogen and oxygen atoms in total. The van der Waals surface area contributed by atoms with E-state index in [4.69, 9.17) is 9.47 Å². The second kappa shape index (κ2) is 8.80. The van der Waals surface area contributed by atoms with Crippen LogP contribution in [0.3, 0.4) is 0 Å². The average Bonchev–Trinajstić information content (AvgIpc) is 2.84. The number of anilines is 1. The summed E-state index contributed by atoms with van der Waals surface area (Å²) in [5.41, 5.74) is 5.00. The minimum Gasteiger partial charge on any atom is -0.493 e. The molecule has 174 valence electrons. The summed E-state index contributed by atoms with van der Waals surface area (Å²) in [5, 5.41) is 3.12. The fourth-order valence-corrected chi connectivity index (χ4v) is 5.59. The molecule has 3 aromatic carbocycles. The molecule has 34 heavy (non-hydrogen) atoms. The Morgan fingerprint density at radius 1 is 1.03 bits per heavy atom. The molecule has 1 N–H and O–H groups in total. The summed E-state index contributed by atoms with van der Waals surface area (Å²) in [6, 6.07) is 16.6. The lowest BCUT2D eigenvalue weighted by atomic mass is 9.75. The van der Waals surface area contributed by atoms with Crippen molar-refractivity contribution in [3.63, 3.8) is 0 Å². The number of ether oxygens (including phenoxy) is 2. The minimum atomic E-state index is -0.575. The van der Waals surface area contributed by atoms with Crippen molar-refractivity contribution in [1.82, 2.24) is 4.90 Å². The van der Waals surface area contributed by atoms with Gasteiger partial charge in [-0.25, -0.2) is 0 Å². The van der Waals surface area contributed by atoms with Crippen molar-refractivity contribution in [3.05, 3.63) is 86.9 Å². The molecule has 3 aromatic rings. The summed E-state index contributed by atoms with van der Waals surface area (Å²) >= 11 is 3.48. The van der Waals surface area contributed by atoms with Crippen molar-refractivity contribution in [1.29, 1.82) is 0 Å². The maximum atomic E-state index is 13.9. The lowest BCUT2D eigenvalue weighted by Crippen LogP contribution is -2.49. The molecule has 0 fully saturated rings. The van der Waals surface area contributed by atoms with Gasteiger partial charge in [-0.1, -0.05) is 34.1 Å². The van der Waals surface area contributed by atoms with E-state index < -0.39 is 12.0 Å². The summed E-state index contributed by atoms with van der Waals surface area (Å²) in [6.07, 6.45) is 0.681. The van der Waals surface area contributed by atoms with E-state index in [9.17, 15) is 9.59 Å². The predicted octanol–water partition coefficient (Wildman–Crippen LogP) is 5.25. The summed E-state index contributed by atoms with van der Waals surface area (Å²) in [6.45, 7) is 2.49. The highest BCUT2D eigenvalue weighted by molar-refractivity contribution is 9.10. The number of methoxy groups -OCH3 is 2. The number of fused-ring (bicyclic) bond motifs is 4. The molecule has 2 atom stereocenters. The van der Waals surface area contributed by atoms with Crippen LogP contribution in [-0.2, 0) is 11.2 Å². The van der Waals surface area contributed by atoms with Crippen molar-refractivity contribution in [2.24, 2.45) is 0 Å². The summed E-state index contributed by atoms with van der Waals surface area (Å²) in [5.74, 6) is 0.447. The minimum absolute atomic E-state index is 0.0510. The number of carbonyl (C=O) groups excluding carboxylic acids is 2. The van der Waals surface area contributed by atoms with E-state index in [-0.39, 0.29) is 11.8 Å². The van der Waals surface area contributed by atoms with Crippen LogP contribution < -0.4 is 14.8 Å². The molecule has 0 radical (unpaired) electrons. The van der Waals surface area contributed by atoms with Gasteiger partial charge in [-0.05, 0) is 72.0 Å². The van der Waals surface area contributed by atoms with Gasteiger partial charge in [0.15, 0.2) is 11.5 Å². The topological polar surface area (TPSA) is 67.9 Å². The van der Waals surface area contributed by atoms with Gasteiger partial charge in [-0.15, -0.1) is 0 Å². The zero-order chi connectivity index (χ0) is 24.0. The molecular weight excluding hydrogens is 496 g/mol. The van der Waals surface area contributed by atoms with Gasteiger partial charge in [0, 0.05) is 22.3 Å². The van der Waals surface area contributed by atoms with Crippen LogP contribution >= 0.6 is 15.9 Å². The molecule has 2 amide bonds. The fourth-order valence-electron chi connectivity index (χ4n) is 5.11. The smallest absolute Gasteiger partial charge is 0.254 e. The number of halogens is 1. The van der Waals surface area contributed by atoms with Crippen LogP contribution in [0.4, 0.5) is 5.69 Å². The van der Waals surface area contributed by atoms with Crippen LogP contribution in [-0.4, -0.2) is 37.5 Å². The van der Waals surface area contributed by atoms with Crippen molar-refractivity contribution in [3.8, 4) is 11.5 Å². The van der Waals surface area contributed by atoms with E-state index in [2.05, 4.69) is 21.2 Å². The van der Waals surface area contributed by atoms with Crippen molar-refractivity contribution in [2.45, 2.75) is 25.3 Å². The van der Waals surface area contributed by atoms with E-state index in [0.29, 0.717) is 30.0 Å². The van der Waals surface area contributed by atoms with Gasteiger partial charge in [-0.3, -0.25) is 9.59 Å². The van der Waals surface area contributed by atoms with Crippen molar-refractivity contribution >= 4 is 33.4 Å². The first-order chi connectivity index (χ1) is 16.4. The van der Waals surface area contributed by atoms with Gasteiger partial charge in [0.1, 0.15) is 0 Å². The Hall–Kier alpha value is -3.32. The number of rotatable bonds is 4. The van der Waals surface area contributed by atoms with Crippen LogP contribution in [0.2, 0.25) is 0 Å². The number of benzene rings is 3. The molecular formula is C27H25BrN2O4. The third kappa shape index (κ3) is 3.64. The highest BCUT2D eigenvalue weighted by atomic mass is 79.9. The molecule has 5 rings (SSSR count). The quantitative estimate of drug-likeness (QED) is 0.510. The number of aryl methyl sites for hydroxylation is 1. The van der Waals surface area contributed by atoms with Crippen LogP contribution in [0.5, 0.6) is 11.5 Å². The maximum absolute atomic E-state index is 13.9. The summed E-state index contributed by atoms with van der Waals surface area (Å²) in [4.78, 5) is 29.2. The van der Waals surface area contributed by atoms with Crippen LogP contribution in [0.25, 0.3) is 0 Å². The van der Waals surface area contributed by atoms with Gasteiger partial charge in [0.05, 0.1) is 26.2 Å². The Labute approximate surface area is 207 Å². The van der Waals surface area contributed by atoms with Crippen LogP contribution in [0.1, 0.15) is 44.6 Å². The lowest BCUT2D eigenvalue weighted by Gasteiger charge is -2.45. The molecule has 0 spiro atoms. The number of nitrogens with one attached hydrogen (secondary N) is 1. The largest absolute Gasteiger partial charge is 0.493 e. The highest BCUT2D eigenvalue weighted by Crippen LogP contribution is 2.48. The van der Waals surface area contributed by atoms with E-state index in [0.717, 1.165) is 32.4 Å². The van der Waals surface area contributed by atoms with Gasteiger partial charge < -0.3 is 19.7 Å². The molecule has 2 aliphatic rings. The molecule has 7 heteroatoms. The molecule has 0 aliphatic carbocycles. The number of amides is 2. The summed E-state index contributed by atoms with van der Waals surface area (Å²) in [7, 11) is 3.20. The Morgan fingerprint density at radius 3 is 2.50 bits per heavy atom. The SMILES string of the molecule is COc1cc2c(cc1OC)[C@H]1[C@H](C(=O)Nc3ccc(Br)cc3C)c3ccccc3C(=O)N1CC2. The first-order valence-corrected chi connectivity index (χ1v) is 11.9. The zero-order valence-electron chi connectivity index (χ0n) is 19.2. The highest BCUT2D eigenvalue weighted by Gasteiger charge is 2.46. The molecule has 2 heterocycles. The maximum Gasteiger partial charge on any atom is 0.254 e. The Balaban J connectivity index is 1.65. The molecule has 2 aliphatic heterocycles. The normalized spacial score (nSPS) is 18.5. The fraction of sp³-hybridized carbons (Fsp3) is 0.259. The van der Waals surface area contributed by atoms with Crippen LogP contribution in [0.15, 0.2) is 59.1 Å². The predicted molar refractivity (Wildman–Crippen MR) is 134 cm³/mol. The standard InChI is InChI=1S/C27H25BrN2O4/c1-15-12-17(28)8-9-21(15)29-26(31)24-18-6-4-5-7-19(18)27(32)30-11-10-16-13-22(33-2)23(34-3)14-20(16)25(24)30/h4-9,12-14,24-25H,10-11H2,1-3H3,(H,29,31)/t24-,25+/m1/s1. The summed E-state index contributed by atoms with van der Waals surface area (Å²) < 4.78 is 12.0. The van der Waals surface area contributed by atoms with Crippen LogP contribution in [0, 0.1) is 6.92 Å². The molecule has 0 saturated carbocycles. The van der Waals surface area contributed by atoms with E-state index >= 15 is 0 Å². The first kappa shape index (κ1) is 22.5. The number of hydrogen-bond acceptors (Lipinski definition) is 4. The Bertz CT molecular complexity index is 1310. The number of nitrogens with zero attached hydrogens (tertiary/aromatic N) is 1. The monoisotopic (exact) mass is 520 g/mol. The van der Waals surface area contributed by atoms with Gasteiger partial charge in [0.2, 0.25) is 5.91 Å². The lowest BCUT2D eigenvalue weighted by molar-refractivity contribution is -0.119. The van der Waals surface area contributed by atoms with E-state index in [1.165, 1.54) is 0 Å². The van der Waals surface area contributed by atoms with Gasteiger partial charge >= 0.3 is 0 Å². The molecule has 0 unspecified atom stereocenters.